The minimum absolute atomic E-state index is 0.255. The number of carbonyl (C=O) groups is 1. The van der Waals surface area contributed by atoms with Gasteiger partial charge in [-0.25, -0.2) is 0 Å². The van der Waals surface area contributed by atoms with Crippen LogP contribution in [-0.2, 0) is 4.79 Å². The summed E-state index contributed by atoms with van der Waals surface area (Å²) in [5, 5.41) is 9.30. The van der Waals surface area contributed by atoms with E-state index in [2.05, 4.69) is 16.7 Å². The minimum Gasteiger partial charge on any atom is -0.480 e. The average molecular weight is 240 g/mol. The van der Waals surface area contributed by atoms with Crippen LogP contribution in [0.2, 0.25) is 0 Å². The summed E-state index contributed by atoms with van der Waals surface area (Å²) in [6.45, 7) is 5.35. The average Bonchev–Trinajstić information content (AvgIpc) is 2.97. The quantitative estimate of drug-likeness (QED) is 0.759. The molecule has 2 atom stereocenters. The number of rotatable bonds is 6. The lowest BCUT2D eigenvalue weighted by atomic mass is 10.1. The van der Waals surface area contributed by atoms with Crippen molar-refractivity contribution in [3.05, 3.63) is 0 Å². The highest BCUT2D eigenvalue weighted by Crippen LogP contribution is 2.35. The van der Waals surface area contributed by atoms with E-state index in [1.165, 1.54) is 19.4 Å². The Morgan fingerprint density at radius 2 is 2.18 bits per heavy atom. The van der Waals surface area contributed by atoms with Crippen LogP contribution in [0.1, 0.15) is 32.6 Å². The molecule has 1 saturated carbocycles. The molecule has 0 bridgehead atoms. The van der Waals surface area contributed by atoms with Gasteiger partial charge in [-0.15, -0.1) is 0 Å². The van der Waals surface area contributed by atoms with Crippen LogP contribution >= 0.6 is 0 Å². The first-order valence-corrected chi connectivity index (χ1v) is 6.80. The number of carboxylic acid groups (broad SMARTS) is 1. The van der Waals surface area contributed by atoms with Crippen LogP contribution in [0.15, 0.2) is 0 Å². The summed E-state index contributed by atoms with van der Waals surface area (Å²) in [7, 11) is 1.98. The topological polar surface area (TPSA) is 43.8 Å². The van der Waals surface area contributed by atoms with Gasteiger partial charge < -0.3 is 5.11 Å². The van der Waals surface area contributed by atoms with E-state index in [0.29, 0.717) is 12.0 Å². The molecule has 1 saturated heterocycles. The molecule has 0 amide bonds. The lowest BCUT2D eigenvalue weighted by molar-refractivity contribution is -0.143. The van der Waals surface area contributed by atoms with Gasteiger partial charge in [0.1, 0.15) is 6.04 Å². The van der Waals surface area contributed by atoms with Crippen molar-refractivity contribution in [1.82, 2.24) is 9.80 Å². The smallest absolute Gasteiger partial charge is 0.321 e. The van der Waals surface area contributed by atoms with Gasteiger partial charge in [-0.1, -0.05) is 6.92 Å². The van der Waals surface area contributed by atoms with E-state index in [0.717, 1.165) is 25.9 Å². The second kappa shape index (κ2) is 5.36. The maximum absolute atomic E-state index is 11.3. The van der Waals surface area contributed by atoms with Crippen molar-refractivity contribution in [1.29, 1.82) is 0 Å². The molecule has 0 aromatic rings. The number of carboxylic acids is 1. The molecule has 17 heavy (non-hydrogen) atoms. The largest absolute Gasteiger partial charge is 0.480 e. The zero-order valence-electron chi connectivity index (χ0n) is 10.9. The molecule has 1 aliphatic carbocycles. The Morgan fingerprint density at radius 1 is 1.47 bits per heavy atom. The van der Waals surface area contributed by atoms with Gasteiger partial charge >= 0.3 is 5.97 Å². The fraction of sp³-hybridized carbons (Fsp3) is 0.923. The molecule has 4 nitrogen and oxygen atoms in total. The molecule has 98 valence electrons. The van der Waals surface area contributed by atoms with Gasteiger partial charge in [-0.3, -0.25) is 14.6 Å². The second-order valence-electron chi connectivity index (χ2n) is 5.48. The van der Waals surface area contributed by atoms with Gasteiger partial charge in [-0.2, -0.15) is 0 Å². The van der Waals surface area contributed by atoms with E-state index in [1.807, 2.05) is 7.05 Å². The molecule has 1 aliphatic heterocycles. The predicted octanol–water partition coefficient (Wildman–Crippen LogP) is 1.27. The van der Waals surface area contributed by atoms with E-state index in [-0.39, 0.29) is 6.04 Å². The highest BCUT2D eigenvalue weighted by Gasteiger charge is 2.40. The van der Waals surface area contributed by atoms with E-state index in [9.17, 15) is 9.90 Å². The summed E-state index contributed by atoms with van der Waals surface area (Å²) in [5.74, 6) is -0.245. The molecule has 0 aromatic heterocycles. The van der Waals surface area contributed by atoms with Crippen molar-refractivity contribution in [2.45, 2.75) is 44.7 Å². The Labute approximate surface area is 104 Å². The third kappa shape index (κ3) is 2.99. The normalized spacial score (nSPS) is 27.6. The number of hydrogen-bond donors (Lipinski definition) is 1. The Bertz CT molecular complexity index is 279. The fourth-order valence-electron chi connectivity index (χ4n) is 3.13. The molecular formula is C13H24N2O2. The SMILES string of the molecule is CCN1CCCC1CN(C)C(C(=O)O)C1CC1. The molecule has 0 spiro atoms. The molecule has 4 heteroatoms. The van der Waals surface area contributed by atoms with Crippen molar-refractivity contribution in [3.8, 4) is 0 Å². The van der Waals surface area contributed by atoms with Gasteiger partial charge in [0.2, 0.25) is 0 Å². The molecule has 2 fully saturated rings. The molecule has 0 radical (unpaired) electrons. The third-order valence-electron chi connectivity index (χ3n) is 4.20. The number of nitrogens with zero attached hydrogens (tertiary/aromatic N) is 2. The van der Waals surface area contributed by atoms with Crippen molar-refractivity contribution < 1.29 is 9.90 Å². The van der Waals surface area contributed by atoms with Crippen LogP contribution in [-0.4, -0.2) is 59.6 Å². The van der Waals surface area contributed by atoms with Crippen LogP contribution in [0, 0.1) is 5.92 Å². The van der Waals surface area contributed by atoms with E-state index in [4.69, 9.17) is 0 Å². The second-order valence-corrected chi connectivity index (χ2v) is 5.48. The zero-order chi connectivity index (χ0) is 12.4. The predicted molar refractivity (Wildman–Crippen MR) is 67.0 cm³/mol. The Morgan fingerprint density at radius 3 is 2.71 bits per heavy atom. The van der Waals surface area contributed by atoms with Crippen LogP contribution < -0.4 is 0 Å². The third-order valence-corrected chi connectivity index (χ3v) is 4.20. The van der Waals surface area contributed by atoms with Gasteiger partial charge in [-0.05, 0) is 51.7 Å². The van der Waals surface area contributed by atoms with Crippen molar-refractivity contribution >= 4 is 5.97 Å². The summed E-state index contributed by atoms with van der Waals surface area (Å²) >= 11 is 0. The molecular weight excluding hydrogens is 216 g/mol. The molecule has 2 aliphatic rings. The van der Waals surface area contributed by atoms with Crippen LogP contribution in [0.4, 0.5) is 0 Å². The first kappa shape index (κ1) is 12.8. The summed E-state index contributed by atoms with van der Waals surface area (Å²) < 4.78 is 0. The van der Waals surface area contributed by atoms with Gasteiger partial charge in [0, 0.05) is 12.6 Å². The standard InChI is InChI=1S/C13H24N2O2/c1-3-15-8-4-5-11(15)9-14(2)12(13(16)17)10-6-7-10/h10-12H,3-9H2,1-2H3,(H,16,17). The summed E-state index contributed by atoms with van der Waals surface area (Å²) in [6.07, 6.45) is 4.65. The zero-order valence-corrected chi connectivity index (χ0v) is 10.9. The van der Waals surface area contributed by atoms with Crippen LogP contribution in [0.25, 0.3) is 0 Å². The monoisotopic (exact) mass is 240 g/mol. The Balaban J connectivity index is 1.90. The van der Waals surface area contributed by atoms with E-state index in [1.54, 1.807) is 0 Å². The number of likely N-dealkylation sites (N-methyl/N-ethyl adjacent to an activating group) is 2. The van der Waals surface area contributed by atoms with Gasteiger partial charge in [0.15, 0.2) is 0 Å². The van der Waals surface area contributed by atoms with Crippen molar-refractivity contribution in [3.63, 3.8) is 0 Å². The fourth-order valence-corrected chi connectivity index (χ4v) is 3.13. The number of hydrogen-bond acceptors (Lipinski definition) is 3. The minimum atomic E-state index is -0.643. The van der Waals surface area contributed by atoms with E-state index >= 15 is 0 Å². The van der Waals surface area contributed by atoms with E-state index < -0.39 is 5.97 Å². The molecule has 1 N–H and O–H groups in total. The molecule has 2 rings (SSSR count). The van der Waals surface area contributed by atoms with Crippen LogP contribution in [0.3, 0.4) is 0 Å². The van der Waals surface area contributed by atoms with Crippen molar-refractivity contribution in [2.75, 3.05) is 26.7 Å². The highest BCUT2D eigenvalue weighted by molar-refractivity contribution is 5.74. The Kier molecular flexibility index (Phi) is 4.05. The molecule has 0 aromatic carbocycles. The van der Waals surface area contributed by atoms with Gasteiger partial charge in [0.05, 0.1) is 0 Å². The lowest BCUT2D eigenvalue weighted by Gasteiger charge is -2.31. The maximum atomic E-state index is 11.3. The number of likely N-dealkylation sites (tertiary alicyclic amines) is 1. The maximum Gasteiger partial charge on any atom is 0.321 e. The lowest BCUT2D eigenvalue weighted by Crippen LogP contribution is -2.46. The van der Waals surface area contributed by atoms with Crippen molar-refractivity contribution in [2.24, 2.45) is 5.92 Å². The highest BCUT2D eigenvalue weighted by atomic mass is 16.4. The number of aliphatic carboxylic acids is 1. The van der Waals surface area contributed by atoms with Gasteiger partial charge in [0.25, 0.3) is 0 Å². The molecule has 2 unspecified atom stereocenters. The summed E-state index contributed by atoms with van der Waals surface area (Å²) in [4.78, 5) is 15.8. The first-order valence-electron chi connectivity index (χ1n) is 6.80. The Hall–Kier alpha value is -0.610. The van der Waals surface area contributed by atoms with Crippen LogP contribution in [0.5, 0.6) is 0 Å². The summed E-state index contributed by atoms with van der Waals surface area (Å²) in [5.41, 5.74) is 0. The first-order chi connectivity index (χ1) is 8.13. The molecule has 1 heterocycles. The summed E-state index contributed by atoms with van der Waals surface area (Å²) in [6, 6.07) is 0.305.